The van der Waals surface area contributed by atoms with Crippen LogP contribution in [0.1, 0.15) is 67.9 Å². The highest BCUT2D eigenvalue weighted by Crippen LogP contribution is 2.35. The van der Waals surface area contributed by atoms with Gasteiger partial charge in [0, 0.05) is 11.1 Å². The predicted molar refractivity (Wildman–Crippen MR) is 216 cm³/mol. The fourth-order valence-corrected chi connectivity index (χ4v) is 5.89. The fourth-order valence-electron chi connectivity index (χ4n) is 5.89. The van der Waals surface area contributed by atoms with E-state index in [1.54, 1.807) is 38.1 Å². The van der Waals surface area contributed by atoms with Crippen molar-refractivity contribution in [3.05, 3.63) is 190 Å². The number of hydrogen-bond donors (Lipinski definition) is 0. The molecule has 9 heteroatoms. The van der Waals surface area contributed by atoms with Crippen LogP contribution in [0.2, 0.25) is 0 Å². The summed E-state index contributed by atoms with van der Waals surface area (Å²) in [5.41, 5.74) is 5.57. The Morgan fingerprint density at radius 3 is 0.982 bits per heavy atom. The second kappa shape index (κ2) is 20.9. The molecule has 0 bridgehead atoms. The smallest absolute Gasteiger partial charge is 0.342 e. The van der Waals surface area contributed by atoms with E-state index in [1.807, 2.05) is 121 Å². The Hall–Kier alpha value is -6.58. The van der Waals surface area contributed by atoms with E-state index in [4.69, 9.17) is 33.2 Å². The topological polar surface area (TPSA) is 98.8 Å². The second-order valence-electron chi connectivity index (χ2n) is 12.9. The summed E-state index contributed by atoms with van der Waals surface area (Å²) in [7, 11) is 0. The van der Waals surface area contributed by atoms with Gasteiger partial charge in [0.15, 0.2) is 0 Å². The monoisotopic (exact) mass is 766 g/mol. The molecule has 6 rings (SSSR count). The third kappa shape index (κ3) is 11.7. The molecule has 0 aromatic heterocycles. The summed E-state index contributed by atoms with van der Waals surface area (Å²) in [6.45, 7) is 5.05. The van der Waals surface area contributed by atoms with Gasteiger partial charge in [-0.25, -0.2) is 9.59 Å². The highest BCUT2D eigenvalue weighted by atomic mass is 16.5. The minimum absolute atomic E-state index is 0.0763. The fraction of sp³-hybridized carbons (Fsp3) is 0.208. The Balaban J connectivity index is 1.32. The van der Waals surface area contributed by atoms with Gasteiger partial charge in [-0.05, 0) is 60.4 Å². The number of esters is 2. The Labute approximate surface area is 333 Å². The summed E-state index contributed by atoms with van der Waals surface area (Å²) in [5, 5.41) is 0. The van der Waals surface area contributed by atoms with Crippen LogP contribution in [0.3, 0.4) is 0 Å². The molecule has 0 amide bonds. The molecule has 0 aliphatic heterocycles. The van der Waals surface area contributed by atoms with Gasteiger partial charge in [-0.2, -0.15) is 0 Å². The molecule has 0 heterocycles. The van der Waals surface area contributed by atoms with Crippen molar-refractivity contribution in [3.8, 4) is 23.0 Å². The summed E-state index contributed by atoms with van der Waals surface area (Å²) in [5.74, 6) is 0.513. The molecule has 0 unspecified atom stereocenters. The Kier molecular flexibility index (Phi) is 14.7. The van der Waals surface area contributed by atoms with Crippen molar-refractivity contribution in [2.45, 2.75) is 53.5 Å². The van der Waals surface area contributed by atoms with Crippen molar-refractivity contribution in [2.75, 3.05) is 13.2 Å². The first-order valence-electron chi connectivity index (χ1n) is 18.9. The molecule has 0 aliphatic carbocycles. The van der Waals surface area contributed by atoms with Gasteiger partial charge in [0.05, 0.1) is 26.4 Å². The molecule has 0 N–H and O–H groups in total. The first-order valence-corrected chi connectivity index (χ1v) is 18.9. The van der Waals surface area contributed by atoms with Crippen molar-refractivity contribution in [1.29, 1.82) is 0 Å². The summed E-state index contributed by atoms with van der Waals surface area (Å²) in [6, 6.07) is 45.7. The number of carbonyl (C=O) groups excluding carboxylic acids is 2. The molecule has 292 valence electrons. The normalized spacial score (nSPS) is 10.7. The molecule has 0 saturated carbocycles. The van der Waals surface area contributed by atoms with Gasteiger partial charge in [-0.3, -0.25) is 0 Å². The third-order valence-corrected chi connectivity index (χ3v) is 8.78. The number of carbonyl (C=O) groups is 2. The lowest BCUT2D eigenvalue weighted by atomic mass is 10.1. The molecule has 0 spiro atoms. The molecule has 0 saturated heterocycles. The van der Waals surface area contributed by atoms with Gasteiger partial charge < -0.3 is 33.2 Å². The number of rotatable bonds is 20. The third-order valence-electron chi connectivity index (χ3n) is 8.78. The van der Waals surface area contributed by atoms with Gasteiger partial charge in [0.25, 0.3) is 0 Å². The van der Waals surface area contributed by atoms with Crippen LogP contribution < -0.4 is 18.9 Å². The average Bonchev–Trinajstić information content (AvgIpc) is 3.25. The van der Waals surface area contributed by atoms with Crippen molar-refractivity contribution < 1.29 is 42.7 Å². The van der Waals surface area contributed by atoms with Crippen molar-refractivity contribution in [3.63, 3.8) is 0 Å². The summed E-state index contributed by atoms with van der Waals surface area (Å²) < 4.78 is 42.4. The Bertz CT molecular complexity index is 2020. The largest absolute Gasteiger partial charge is 0.489 e. The zero-order valence-electron chi connectivity index (χ0n) is 32.2. The van der Waals surface area contributed by atoms with E-state index >= 15 is 0 Å². The van der Waals surface area contributed by atoms with Crippen LogP contribution in [0.15, 0.2) is 146 Å². The van der Waals surface area contributed by atoms with Crippen LogP contribution in [-0.4, -0.2) is 25.2 Å². The number of benzene rings is 6. The van der Waals surface area contributed by atoms with Gasteiger partial charge in [0.1, 0.15) is 60.6 Å². The first-order chi connectivity index (χ1) is 28.0. The van der Waals surface area contributed by atoms with Gasteiger partial charge in [-0.1, -0.05) is 121 Å². The minimum Gasteiger partial charge on any atom is -0.489 e. The molecule has 0 fully saturated rings. The maximum atomic E-state index is 13.3. The standard InChI is InChI=1S/C48H46O9/c1-3-52-47(49)41-27-43(54-29-35-17-9-5-10-18-35)39(25-45(41)56-31-37-21-13-7-14-22-37)33-51-34-40-26-46(57-32-38-23-15-8-16-24-38)42(48(50)53-4-2)28-44(40)55-30-36-19-11-6-12-20-36/h5-28H,3-4,29-34H2,1-2H3. The van der Waals surface area contributed by atoms with E-state index in [0.717, 1.165) is 22.3 Å². The zero-order valence-corrected chi connectivity index (χ0v) is 32.2. The van der Waals surface area contributed by atoms with Crippen LogP contribution in [0, 0.1) is 0 Å². The quantitative estimate of drug-likeness (QED) is 0.0703. The van der Waals surface area contributed by atoms with Gasteiger partial charge in [-0.15, -0.1) is 0 Å². The molecule has 0 radical (unpaired) electrons. The average molecular weight is 767 g/mol. The Morgan fingerprint density at radius 1 is 0.386 bits per heavy atom. The van der Waals surface area contributed by atoms with E-state index in [-0.39, 0.29) is 64.0 Å². The van der Waals surface area contributed by atoms with Crippen LogP contribution >= 0.6 is 0 Å². The SMILES string of the molecule is CCOC(=O)c1cc(OCc2ccccc2)c(COCc2cc(OCc3ccccc3)c(C(=O)OCC)cc2OCc2ccccc2)cc1OCc1ccccc1. The number of ether oxygens (including phenoxy) is 7. The van der Waals surface area contributed by atoms with E-state index in [2.05, 4.69) is 0 Å². The van der Waals surface area contributed by atoms with Crippen molar-refractivity contribution in [2.24, 2.45) is 0 Å². The van der Waals surface area contributed by atoms with Crippen LogP contribution in [0.4, 0.5) is 0 Å². The molecule has 9 nitrogen and oxygen atoms in total. The second-order valence-corrected chi connectivity index (χ2v) is 12.9. The minimum atomic E-state index is -0.525. The molecular weight excluding hydrogens is 721 g/mol. The van der Waals surface area contributed by atoms with Crippen molar-refractivity contribution >= 4 is 11.9 Å². The van der Waals surface area contributed by atoms with Crippen LogP contribution in [-0.2, 0) is 53.9 Å². The lowest BCUT2D eigenvalue weighted by molar-refractivity contribution is 0.0510. The maximum Gasteiger partial charge on any atom is 0.342 e. The summed E-state index contributed by atoms with van der Waals surface area (Å²) in [4.78, 5) is 26.5. The first kappa shape index (κ1) is 40.1. The lowest BCUT2D eigenvalue weighted by Gasteiger charge is -2.19. The zero-order chi connectivity index (χ0) is 39.7. The lowest BCUT2D eigenvalue weighted by Crippen LogP contribution is -2.11. The van der Waals surface area contributed by atoms with Crippen LogP contribution in [0.25, 0.3) is 0 Å². The molecule has 57 heavy (non-hydrogen) atoms. The van der Waals surface area contributed by atoms with Gasteiger partial charge in [0.2, 0.25) is 0 Å². The maximum absolute atomic E-state index is 13.3. The highest BCUT2D eigenvalue weighted by molar-refractivity contribution is 5.94. The molecule has 6 aromatic carbocycles. The highest BCUT2D eigenvalue weighted by Gasteiger charge is 2.22. The number of hydrogen-bond acceptors (Lipinski definition) is 9. The van der Waals surface area contributed by atoms with Gasteiger partial charge >= 0.3 is 11.9 Å². The van der Waals surface area contributed by atoms with E-state index in [0.29, 0.717) is 34.1 Å². The molecule has 0 atom stereocenters. The summed E-state index contributed by atoms with van der Waals surface area (Å²) >= 11 is 0. The predicted octanol–water partition coefficient (Wildman–Crippen LogP) is 10.1. The van der Waals surface area contributed by atoms with Crippen molar-refractivity contribution in [1.82, 2.24) is 0 Å². The Morgan fingerprint density at radius 2 is 0.684 bits per heavy atom. The van der Waals surface area contributed by atoms with Crippen LogP contribution in [0.5, 0.6) is 23.0 Å². The van der Waals surface area contributed by atoms with E-state index in [9.17, 15) is 9.59 Å². The molecule has 6 aromatic rings. The molecular formula is C48H46O9. The summed E-state index contributed by atoms with van der Waals surface area (Å²) in [6.07, 6.45) is 0. The van der Waals surface area contributed by atoms with E-state index in [1.165, 1.54) is 0 Å². The van der Waals surface area contributed by atoms with E-state index < -0.39 is 11.9 Å². The molecule has 0 aliphatic rings.